The summed E-state index contributed by atoms with van der Waals surface area (Å²) in [6.07, 6.45) is -0.626. The van der Waals surface area contributed by atoms with Gasteiger partial charge in [-0.05, 0) is 20.8 Å². The molecular formula is C12H18N4O2. The van der Waals surface area contributed by atoms with Gasteiger partial charge in [0.1, 0.15) is 11.4 Å². The lowest BCUT2D eigenvalue weighted by Crippen LogP contribution is -2.50. The Kier molecular flexibility index (Phi) is 2.49. The van der Waals surface area contributed by atoms with Crippen LogP contribution in [0.4, 0.5) is 10.6 Å². The van der Waals surface area contributed by atoms with E-state index in [0.717, 1.165) is 0 Å². The maximum atomic E-state index is 11.8. The molecule has 1 aromatic heterocycles. The van der Waals surface area contributed by atoms with Crippen LogP contribution in [0.3, 0.4) is 0 Å². The summed E-state index contributed by atoms with van der Waals surface area (Å²) in [5.41, 5.74) is 5.44. The number of hydrogen-bond acceptors (Lipinski definition) is 5. The molecule has 0 radical (unpaired) electrons. The maximum Gasteiger partial charge on any atom is 0.410 e. The molecule has 1 fully saturated rings. The number of nitrogens with two attached hydrogens (primary N) is 1. The Morgan fingerprint density at radius 1 is 1.56 bits per heavy atom. The zero-order valence-corrected chi connectivity index (χ0v) is 10.7. The average molecular weight is 252 g/mol. The monoisotopic (exact) mass is 252 g/mol. The van der Waals surface area contributed by atoms with Crippen LogP contribution in [0.1, 0.15) is 35.1 Å². The molecule has 1 saturated heterocycles. The van der Waals surface area contributed by atoms with Crippen LogP contribution >= 0.6 is 0 Å². The summed E-state index contributed by atoms with van der Waals surface area (Å²) >= 11 is 0. The van der Waals surface area contributed by atoms with E-state index in [4.69, 9.17) is 13.2 Å². The zero-order valence-electron chi connectivity index (χ0n) is 12.7. The van der Waals surface area contributed by atoms with Crippen molar-refractivity contribution in [2.45, 2.75) is 32.3 Å². The van der Waals surface area contributed by atoms with E-state index in [1.165, 1.54) is 0 Å². The van der Waals surface area contributed by atoms with Crippen LogP contribution in [-0.2, 0) is 4.74 Å². The van der Waals surface area contributed by atoms with E-state index < -0.39 is 5.60 Å². The van der Waals surface area contributed by atoms with Crippen LogP contribution in [0, 0.1) is 0 Å². The molecule has 1 aromatic rings. The number of carbonyl (C=O) groups is 1. The second kappa shape index (κ2) is 4.44. The molecule has 6 heteroatoms. The smallest absolute Gasteiger partial charge is 0.410 e. The first-order valence-corrected chi connectivity index (χ1v) is 5.76. The van der Waals surface area contributed by atoms with E-state index in [1.54, 1.807) is 4.90 Å². The largest absolute Gasteiger partial charge is 0.444 e. The van der Waals surface area contributed by atoms with Crippen LogP contribution in [0.15, 0.2) is 12.3 Å². The highest BCUT2D eigenvalue weighted by atomic mass is 16.6. The van der Waals surface area contributed by atoms with E-state index in [1.807, 2.05) is 20.8 Å². The van der Waals surface area contributed by atoms with Crippen LogP contribution in [0.2, 0.25) is 0 Å². The summed E-state index contributed by atoms with van der Waals surface area (Å²) in [6, 6.07) is 0. The first kappa shape index (κ1) is 10.1. The highest BCUT2D eigenvalue weighted by Crippen LogP contribution is 2.27. The second-order valence-electron chi connectivity index (χ2n) is 5.30. The summed E-state index contributed by atoms with van der Waals surface area (Å²) in [5, 5.41) is 0. The van der Waals surface area contributed by atoms with Gasteiger partial charge in [-0.15, -0.1) is 0 Å². The first-order valence-electron chi connectivity index (χ1n) is 6.76. The van der Waals surface area contributed by atoms with Crippen LogP contribution < -0.4 is 5.73 Å². The molecule has 98 valence electrons. The molecule has 0 saturated carbocycles. The van der Waals surface area contributed by atoms with E-state index in [2.05, 4.69) is 9.97 Å². The second-order valence-corrected chi connectivity index (χ2v) is 5.30. The summed E-state index contributed by atoms with van der Waals surface area (Å²) in [7, 11) is 0. The van der Waals surface area contributed by atoms with Crippen molar-refractivity contribution in [2.75, 3.05) is 18.8 Å². The van der Waals surface area contributed by atoms with Crippen LogP contribution in [-0.4, -0.2) is 39.7 Å². The Morgan fingerprint density at radius 3 is 2.83 bits per heavy atom. The van der Waals surface area contributed by atoms with E-state index >= 15 is 0 Å². The number of ether oxygens (including phenoxy) is 1. The van der Waals surface area contributed by atoms with Gasteiger partial charge < -0.3 is 15.4 Å². The quantitative estimate of drug-likeness (QED) is 0.816. The minimum atomic E-state index is -0.528. The number of rotatable bonds is 1. The molecule has 0 aliphatic carbocycles. The summed E-state index contributed by atoms with van der Waals surface area (Å²) in [5.74, 6) is -0.0721. The van der Waals surface area contributed by atoms with Crippen LogP contribution in [0.5, 0.6) is 0 Å². The molecule has 1 amide bonds. The third-order valence-corrected chi connectivity index (χ3v) is 2.50. The topological polar surface area (TPSA) is 81.3 Å². The number of hydrogen-bond donors (Lipinski definition) is 1. The summed E-state index contributed by atoms with van der Waals surface area (Å²) < 4.78 is 20.3. The lowest BCUT2D eigenvalue weighted by Gasteiger charge is -2.39. The van der Waals surface area contributed by atoms with Gasteiger partial charge in [-0.25, -0.2) is 9.78 Å². The van der Waals surface area contributed by atoms with Crippen molar-refractivity contribution in [2.24, 2.45) is 0 Å². The molecule has 6 nitrogen and oxygen atoms in total. The highest BCUT2D eigenvalue weighted by Gasteiger charge is 2.35. The summed E-state index contributed by atoms with van der Waals surface area (Å²) in [4.78, 5) is 21.1. The first-order chi connectivity index (χ1) is 9.17. The van der Waals surface area contributed by atoms with Crippen molar-refractivity contribution in [1.29, 1.82) is 0 Å². The number of amides is 1. The number of carbonyl (C=O) groups excluding carboxylic acids is 1. The fourth-order valence-corrected chi connectivity index (χ4v) is 1.63. The zero-order chi connectivity index (χ0) is 15.1. The Bertz CT molecular complexity index is 539. The predicted octanol–water partition coefficient (Wildman–Crippen LogP) is 1.39. The highest BCUT2D eigenvalue weighted by molar-refractivity contribution is 5.69. The molecule has 0 unspecified atom stereocenters. The van der Waals surface area contributed by atoms with Gasteiger partial charge in [0.25, 0.3) is 0 Å². The lowest BCUT2D eigenvalue weighted by molar-refractivity contribution is 0.00786. The minimum absolute atomic E-state index is 0.00622. The molecule has 18 heavy (non-hydrogen) atoms. The van der Waals surface area contributed by atoms with Crippen molar-refractivity contribution in [3.63, 3.8) is 0 Å². The third kappa shape index (κ3) is 2.88. The van der Waals surface area contributed by atoms with Gasteiger partial charge in [-0.2, -0.15) is 0 Å². The molecule has 0 bridgehead atoms. The van der Waals surface area contributed by atoms with Crippen molar-refractivity contribution >= 4 is 11.9 Å². The molecule has 2 rings (SSSR count). The standard InChI is InChI=1S/C12H18N4O2/c1-12(2,3)18-11(17)16-6-8(7-16)9-4-14-5-10(13)15-9/h4-5,8H,6-7H2,1-3H3,(H2,13,15)/i4D,5D. The van der Waals surface area contributed by atoms with Crippen molar-refractivity contribution in [3.8, 4) is 0 Å². The van der Waals surface area contributed by atoms with E-state index in [-0.39, 0.29) is 30.2 Å². The number of nitrogens with zero attached hydrogens (tertiary/aromatic N) is 3. The molecule has 2 N–H and O–H groups in total. The van der Waals surface area contributed by atoms with Gasteiger partial charge in [-0.3, -0.25) is 4.98 Å². The number of likely N-dealkylation sites (tertiary alicyclic amines) is 1. The predicted molar refractivity (Wildman–Crippen MR) is 67.0 cm³/mol. The minimum Gasteiger partial charge on any atom is -0.444 e. The van der Waals surface area contributed by atoms with Crippen LogP contribution in [0.25, 0.3) is 0 Å². The lowest BCUT2D eigenvalue weighted by atomic mass is 9.97. The molecule has 1 aliphatic rings. The molecular weight excluding hydrogens is 232 g/mol. The van der Waals surface area contributed by atoms with Gasteiger partial charge >= 0.3 is 6.09 Å². The van der Waals surface area contributed by atoms with E-state index in [9.17, 15) is 4.79 Å². The Labute approximate surface area is 109 Å². The van der Waals surface area contributed by atoms with E-state index in [0.29, 0.717) is 18.8 Å². The third-order valence-electron chi connectivity index (χ3n) is 2.50. The molecule has 2 heterocycles. The fraction of sp³-hybridized carbons (Fsp3) is 0.583. The van der Waals surface area contributed by atoms with Gasteiger partial charge in [0.2, 0.25) is 0 Å². The maximum absolute atomic E-state index is 11.8. The van der Waals surface area contributed by atoms with Crippen molar-refractivity contribution < 1.29 is 12.3 Å². The van der Waals surface area contributed by atoms with Crippen molar-refractivity contribution in [1.82, 2.24) is 14.9 Å². The van der Waals surface area contributed by atoms with Gasteiger partial charge in [0.05, 0.1) is 14.6 Å². The number of nitrogen functional groups attached to an aromatic ring is 1. The fourth-order valence-electron chi connectivity index (χ4n) is 1.63. The Hall–Kier alpha value is -1.85. The summed E-state index contributed by atoms with van der Waals surface area (Å²) in [6.45, 7) is 6.27. The SMILES string of the molecule is [2H]c1nc([2H])c(C2CN(C(=O)OC(C)(C)C)C2)nc1N. The number of anilines is 1. The van der Waals surface area contributed by atoms with Gasteiger partial charge in [0, 0.05) is 25.2 Å². The van der Waals surface area contributed by atoms with Gasteiger partial charge in [0.15, 0.2) is 0 Å². The number of aromatic nitrogens is 2. The average Bonchev–Trinajstić information content (AvgIpc) is 2.20. The Morgan fingerprint density at radius 2 is 2.22 bits per heavy atom. The normalized spacial score (nSPS) is 17.8. The molecule has 0 atom stereocenters. The van der Waals surface area contributed by atoms with Gasteiger partial charge in [-0.1, -0.05) is 0 Å². The Balaban J connectivity index is 2.00. The molecule has 0 aromatic carbocycles. The molecule has 1 aliphatic heterocycles. The van der Waals surface area contributed by atoms with Crippen molar-refractivity contribution in [3.05, 3.63) is 18.0 Å². The molecule has 0 spiro atoms.